The largest absolute Gasteiger partial charge is 0.346 e. The molecule has 1 aliphatic heterocycles. The van der Waals surface area contributed by atoms with Gasteiger partial charge in [-0.15, -0.1) is 0 Å². The molecule has 2 amide bonds. The molecule has 0 saturated carbocycles. The molecule has 0 radical (unpaired) electrons. The Balaban J connectivity index is 1.76. The molecular weight excluding hydrogens is 256 g/mol. The summed E-state index contributed by atoms with van der Waals surface area (Å²) in [5.41, 5.74) is 0.626. The summed E-state index contributed by atoms with van der Waals surface area (Å²) >= 11 is 0. The van der Waals surface area contributed by atoms with Gasteiger partial charge < -0.3 is 10.6 Å². The zero-order chi connectivity index (χ0) is 14.4. The third-order valence-corrected chi connectivity index (χ3v) is 3.44. The van der Waals surface area contributed by atoms with Gasteiger partial charge in [-0.3, -0.25) is 19.5 Å². The van der Waals surface area contributed by atoms with Crippen LogP contribution in [0.25, 0.3) is 0 Å². The lowest BCUT2D eigenvalue weighted by Gasteiger charge is -2.31. The van der Waals surface area contributed by atoms with Crippen molar-refractivity contribution in [2.45, 2.75) is 25.3 Å². The lowest BCUT2D eigenvalue weighted by molar-refractivity contribution is -0.129. The summed E-state index contributed by atoms with van der Waals surface area (Å²) in [5.74, 6) is -0.321. The van der Waals surface area contributed by atoms with Gasteiger partial charge in [-0.05, 0) is 38.6 Å². The van der Waals surface area contributed by atoms with Gasteiger partial charge in [0.2, 0.25) is 11.8 Å². The number of hydrogen-bond acceptors (Lipinski definition) is 4. The number of pyridine rings is 1. The minimum atomic E-state index is -0.246. The number of likely N-dealkylation sites (tertiary alicyclic amines) is 1. The van der Waals surface area contributed by atoms with E-state index < -0.39 is 0 Å². The zero-order valence-corrected chi connectivity index (χ0v) is 11.6. The molecule has 2 rings (SSSR count). The first-order valence-corrected chi connectivity index (χ1v) is 6.84. The Labute approximate surface area is 118 Å². The van der Waals surface area contributed by atoms with Gasteiger partial charge in [0.1, 0.15) is 0 Å². The van der Waals surface area contributed by atoms with E-state index in [0.29, 0.717) is 5.69 Å². The van der Waals surface area contributed by atoms with E-state index in [-0.39, 0.29) is 24.4 Å². The highest BCUT2D eigenvalue weighted by Gasteiger charge is 2.25. The predicted octanol–water partition coefficient (Wildman–Crippen LogP) is 0.621. The molecule has 0 bridgehead atoms. The molecule has 20 heavy (non-hydrogen) atoms. The van der Waals surface area contributed by atoms with Crippen molar-refractivity contribution in [1.29, 1.82) is 0 Å². The van der Waals surface area contributed by atoms with E-state index in [1.807, 2.05) is 11.9 Å². The fourth-order valence-corrected chi connectivity index (χ4v) is 2.33. The SMILES string of the molecule is CN1CCCCC1C(=O)NCC(=O)Nc1cccnc1. The van der Waals surface area contributed by atoms with Crippen LogP contribution in [0.1, 0.15) is 19.3 Å². The molecule has 2 N–H and O–H groups in total. The maximum Gasteiger partial charge on any atom is 0.243 e. The van der Waals surface area contributed by atoms with Crippen molar-refractivity contribution in [1.82, 2.24) is 15.2 Å². The Hall–Kier alpha value is -1.95. The highest BCUT2D eigenvalue weighted by atomic mass is 16.2. The van der Waals surface area contributed by atoms with E-state index >= 15 is 0 Å². The molecule has 2 heterocycles. The van der Waals surface area contributed by atoms with Crippen molar-refractivity contribution in [3.8, 4) is 0 Å². The second-order valence-corrected chi connectivity index (χ2v) is 5.00. The minimum Gasteiger partial charge on any atom is -0.346 e. The summed E-state index contributed by atoms with van der Waals surface area (Å²) in [5, 5.41) is 5.37. The second-order valence-electron chi connectivity index (χ2n) is 5.00. The third-order valence-electron chi connectivity index (χ3n) is 3.44. The number of rotatable bonds is 4. The Morgan fingerprint density at radius 3 is 3.00 bits per heavy atom. The average molecular weight is 276 g/mol. The summed E-state index contributed by atoms with van der Waals surface area (Å²) < 4.78 is 0. The number of anilines is 1. The van der Waals surface area contributed by atoms with Crippen LogP contribution < -0.4 is 10.6 Å². The van der Waals surface area contributed by atoms with Crippen LogP contribution >= 0.6 is 0 Å². The summed E-state index contributed by atoms with van der Waals surface area (Å²) in [6.07, 6.45) is 6.24. The molecule has 0 aromatic carbocycles. The highest BCUT2D eigenvalue weighted by molar-refractivity contribution is 5.95. The Morgan fingerprint density at radius 2 is 2.30 bits per heavy atom. The molecule has 1 fully saturated rings. The van der Waals surface area contributed by atoms with Crippen molar-refractivity contribution >= 4 is 17.5 Å². The predicted molar refractivity (Wildman–Crippen MR) is 76.1 cm³/mol. The molecular formula is C14H20N4O2. The van der Waals surface area contributed by atoms with Crippen molar-refractivity contribution in [2.75, 3.05) is 25.5 Å². The number of piperidine rings is 1. The first-order chi connectivity index (χ1) is 9.66. The van der Waals surface area contributed by atoms with E-state index in [1.165, 1.54) is 0 Å². The van der Waals surface area contributed by atoms with E-state index in [2.05, 4.69) is 15.6 Å². The Morgan fingerprint density at radius 1 is 1.45 bits per heavy atom. The van der Waals surface area contributed by atoms with Crippen molar-refractivity contribution in [2.24, 2.45) is 0 Å². The molecule has 6 heteroatoms. The molecule has 0 spiro atoms. The smallest absolute Gasteiger partial charge is 0.243 e. The number of likely N-dealkylation sites (N-methyl/N-ethyl adjacent to an activating group) is 1. The van der Waals surface area contributed by atoms with Crippen LogP contribution in [0, 0.1) is 0 Å². The topological polar surface area (TPSA) is 74.3 Å². The van der Waals surface area contributed by atoms with Crippen LogP contribution in [-0.4, -0.2) is 47.9 Å². The van der Waals surface area contributed by atoms with Crippen molar-refractivity contribution in [3.63, 3.8) is 0 Å². The fraction of sp³-hybridized carbons (Fsp3) is 0.500. The van der Waals surface area contributed by atoms with Gasteiger partial charge in [-0.2, -0.15) is 0 Å². The molecule has 1 atom stereocenters. The highest BCUT2D eigenvalue weighted by Crippen LogP contribution is 2.14. The molecule has 1 aromatic heterocycles. The monoisotopic (exact) mass is 276 g/mol. The summed E-state index contributed by atoms with van der Waals surface area (Å²) in [6, 6.07) is 3.38. The minimum absolute atomic E-state index is 0.0158. The van der Waals surface area contributed by atoms with Crippen LogP contribution in [0.3, 0.4) is 0 Å². The maximum absolute atomic E-state index is 12.0. The first kappa shape index (κ1) is 14.5. The quantitative estimate of drug-likeness (QED) is 0.845. The average Bonchev–Trinajstić information content (AvgIpc) is 2.46. The fourth-order valence-electron chi connectivity index (χ4n) is 2.33. The van der Waals surface area contributed by atoms with Crippen molar-refractivity contribution in [3.05, 3.63) is 24.5 Å². The van der Waals surface area contributed by atoms with Crippen molar-refractivity contribution < 1.29 is 9.59 Å². The molecule has 108 valence electrons. The van der Waals surface area contributed by atoms with Gasteiger partial charge in [-0.25, -0.2) is 0 Å². The van der Waals surface area contributed by atoms with Gasteiger partial charge >= 0.3 is 0 Å². The van der Waals surface area contributed by atoms with Gasteiger partial charge in [-0.1, -0.05) is 6.42 Å². The molecule has 1 saturated heterocycles. The lowest BCUT2D eigenvalue weighted by atomic mass is 10.0. The molecule has 0 aliphatic carbocycles. The van der Waals surface area contributed by atoms with E-state index in [0.717, 1.165) is 25.8 Å². The van der Waals surface area contributed by atoms with Gasteiger partial charge in [0, 0.05) is 6.20 Å². The second kappa shape index (κ2) is 7.00. The number of nitrogens with zero attached hydrogens (tertiary/aromatic N) is 2. The number of amides is 2. The third kappa shape index (κ3) is 4.03. The Bertz CT molecular complexity index is 464. The number of hydrogen-bond donors (Lipinski definition) is 2. The standard InChI is InChI=1S/C14H20N4O2/c1-18-8-3-2-6-12(18)14(20)16-10-13(19)17-11-5-4-7-15-9-11/h4-5,7,9,12H,2-3,6,8,10H2,1H3,(H,16,20)(H,17,19). The molecule has 6 nitrogen and oxygen atoms in total. The van der Waals surface area contributed by atoms with Gasteiger partial charge in [0.05, 0.1) is 24.5 Å². The number of aromatic nitrogens is 1. The van der Waals surface area contributed by atoms with Crippen LogP contribution in [0.15, 0.2) is 24.5 Å². The van der Waals surface area contributed by atoms with Crippen LogP contribution in [0.5, 0.6) is 0 Å². The summed E-state index contributed by atoms with van der Waals surface area (Å²) in [6.45, 7) is 0.915. The van der Waals surface area contributed by atoms with Gasteiger partial charge in [0.15, 0.2) is 0 Å². The van der Waals surface area contributed by atoms with Gasteiger partial charge in [0.25, 0.3) is 0 Å². The lowest BCUT2D eigenvalue weighted by Crippen LogP contribution is -2.49. The Kier molecular flexibility index (Phi) is 5.06. The van der Waals surface area contributed by atoms with E-state index in [4.69, 9.17) is 0 Å². The number of carbonyl (C=O) groups excluding carboxylic acids is 2. The van der Waals surface area contributed by atoms with E-state index in [1.54, 1.807) is 24.5 Å². The molecule has 1 unspecified atom stereocenters. The number of nitrogens with one attached hydrogen (secondary N) is 2. The van der Waals surface area contributed by atoms with E-state index in [9.17, 15) is 9.59 Å². The van der Waals surface area contributed by atoms with Crippen LogP contribution in [-0.2, 0) is 9.59 Å². The maximum atomic E-state index is 12.0. The molecule has 1 aromatic rings. The van der Waals surface area contributed by atoms with Crippen LogP contribution in [0.4, 0.5) is 5.69 Å². The zero-order valence-electron chi connectivity index (χ0n) is 11.6. The first-order valence-electron chi connectivity index (χ1n) is 6.84. The van der Waals surface area contributed by atoms with Crippen LogP contribution in [0.2, 0.25) is 0 Å². The normalized spacial score (nSPS) is 19.4. The molecule has 1 aliphatic rings. The summed E-state index contributed by atoms with van der Waals surface area (Å²) in [4.78, 5) is 29.7. The summed E-state index contributed by atoms with van der Waals surface area (Å²) in [7, 11) is 1.94. The number of carbonyl (C=O) groups is 2.